The summed E-state index contributed by atoms with van der Waals surface area (Å²) in [5.74, 6) is 0. The minimum Gasteiger partial charge on any atom is -0.316 e. The second-order valence-electron chi connectivity index (χ2n) is 4.99. The van der Waals surface area contributed by atoms with E-state index in [9.17, 15) is 14.9 Å². The molecule has 2 rings (SSSR count). The van der Waals surface area contributed by atoms with Crippen LogP contribution in [-0.4, -0.2) is 16.5 Å². The largest absolute Gasteiger partial charge is 0.316 e. The molecule has 0 fully saturated rings. The van der Waals surface area contributed by atoms with Crippen LogP contribution in [0.4, 0.5) is 5.69 Å². The van der Waals surface area contributed by atoms with Gasteiger partial charge in [0, 0.05) is 17.7 Å². The van der Waals surface area contributed by atoms with Gasteiger partial charge >= 0.3 is 0 Å². The number of aromatic nitrogens is 1. The van der Waals surface area contributed by atoms with Gasteiger partial charge in [-0.25, -0.2) is 0 Å². The zero-order valence-corrected chi connectivity index (χ0v) is 13.3. The Morgan fingerprint density at radius 2 is 1.95 bits per heavy atom. The number of benzene rings is 1. The number of quaternary nitrogens is 1. The summed E-state index contributed by atoms with van der Waals surface area (Å²) in [6, 6.07) is 7.74. The van der Waals surface area contributed by atoms with Crippen LogP contribution in [0.5, 0.6) is 0 Å². The molecule has 6 nitrogen and oxygen atoms in total. The average Bonchev–Trinajstić information content (AvgIpc) is 2.45. The monoisotopic (exact) mass is 342 g/mol. The molecule has 0 saturated heterocycles. The highest BCUT2D eigenvalue weighted by Crippen LogP contribution is 2.22. The highest BCUT2D eigenvalue weighted by atomic mass is 35.5. The van der Waals surface area contributed by atoms with Crippen LogP contribution in [0.25, 0.3) is 0 Å². The molecule has 8 heteroatoms. The van der Waals surface area contributed by atoms with Crippen molar-refractivity contribution in [1.29, 1.82) is 0 Å². The summed E-state index contributed by atoms with van der Waals surface area (Å²) in [7, 11) is 1.88. The van der Waals surface area contributed by atoms with Crippen molar-refractivity contribution >= 4 is 28.9 Å². The van der Waals surface area contributed by atoms with Crippen molar-refractivity contribution in [3.05, 3.63) is 72.6 Å². The Kier molecular flexibility index (Phi) is 5.18. The maximum Gasteiger partial charge on any atom is 0.285 e. The molecule has 1 aromatic carbocycles. The van der Waals surface area contributed by atoms with Gasteiger partial charge in [-0.2, -0.15) is 0 Å². The van der Waals surface area contributed by atoms with E-state index in [1.165, 1.54) is 22.9 Å². The molecule has 1 unspecified atom stereocenters. The van der Waals surface area contributed by atoms with Crippen molar-refractivity contribution in [2.45, 2.75) is 13.2 Å². The first-order valence-corrected chi connectivity index (χ1v) is 7.22. The topological polar surface area (TPSA) is 69.6 Å². The number of pyridine rings is 1. The number of hydrogen-bond donors (Lipinski definition) is 1. The molecular weight excluding hydrogens is 329 g/mol. The van der Waals surface area contributed by atoms with Gasteiger partial charge in [-0.3, -0.25) is 19.5 Å². The molecule has 0 aliphatic rings. The molecular formula is C14H14Cl2N3O3+. The van der Waals surface area contributed by atoms with Crippen LogP contribution in [0.3, 0.4) is 0 Å². The lowest BCUT2D eigenvalue weighted by Crippen LogP contribution is -3.07. The first kappa shape index (κ1) is 16.5. The lowest BCUT2D eigenvalue weighted by molar-refractivity contribution is -0.917. The fraction of sp³-hybridized carbons (Fsp3) is 0.214. The SMILES string of the molecule is C[NH+](Cc1ccc(Cl)c(Cl)c1)Cn1cc([N+](=O)[O-])ccc1=O. The van der Waals surface area contributed by atoms with Crippen molar-refractivity contribution in [3.8, 4) is 0 Å². The van der Waals surface area contributed by atoms with Crippen molar-refractivity contribution in [2.24, 2.45) is 0 Å². The van der Waals surface area contributed by atoms with Crippen LogP contribution in [0.15, 0.2) is 41.3 Å². The number of nitro groups is 1. The first-order valence-electron chi connectivity index (χ1n) is 6.47. The van der Waals surface area contributed by atoms with Crippen LogP contribution >= 0.6 is 23.2 Å². The summed E-state index contributed by atoms with van der Waals surface area (Å²) in [6.45, 7) is 0.910. The van der Waals surface area contributed by atoms with Crippen molar-refractivity contribution in [2.75, 3.05) is 7.05 Å². The van der Waals surface area contributed by atoms with Crippen LogP contribution < -0.4 is 10.5 Å². The minimum atomic E-state index is -0.524. The smallest absolute Gasteiger partial charge is 0.285 e. The lowest BCUT2D eigenvalue weighted by Gasteiger charge is -2.15. The van der Waals surface area contributed by atoms with E-state index in [0.717, 1.165) is 10.5 Å². The summed E-state index contributed by atoms with van der Waals surface area (Å²) in [5.41, 5.74) is 0.575. The lowest BCUT2D eigenvalue weighted by atomic mass is 10.2. The van der Waals surface area contributed by atoms with E-state index in [2.05, 4.69) is 0 Å². The molecule has 0 aliphatic carbocycles. The Balaban J connectivity index is 2.13. The van der Waals surface area contributed by atoms with Gasteiger partial charge in [-0.15, -0.1) is 0 Å². The van der Waals surface area contributed by atoms with E-state index in [1.807, 2.05) is 13.1 Å². The van der Waals surface area contributed by atoms with Gasteiger partial charge in [-0.1, -0.05) is 29.3 Å². The van der Waals surface area contributed by atoms with Crippen molar-refractivity contribution in [1.82, 2.24) is 4.57 Å². The number of nitrogens with one attached hydrogen (secondary N) is 1. The Morgan fingerprint density at radius 3 is 2.59 bits per heavy atom. The van der Waals surface area contributed by atoms with E-state index in [1.54, 1.807) is 12.1 Å². The fourth-order valence-corrected chi connectivity index (χ4v) is 2.42. The van der Waals surface area contributed by atoms with Crippen LogP contribution in [0, 0.1) is 10.1 Å². The normalized spacial score (nSPS) is 12.1. The third kappa shape index (κ3) is 4.07. The quantitative estimate of drug-likeness (QED) is 0.664. The predicted molar refractivity (Wildman–Crippen MR) is 84.4 cm³/mol. The van der Waals surface area contributed by atoms with Gasteiger partial charge in [0.25, 0.3) is 11.2 Å². The molecule has 1 heterocycles. The van der Waals surface area contributed by atoms with Gasteiger partial charge < -0.3 is 4.90 Å². The van der Waals surface area contributed by atoms with E-state index in [0.29, 0.717) is 23.3 Å². The standard InChI is InChI=1S/C14H13Cl2N3O3/c1-17(7-10-2-4-12(15)13(16)6-10)9-18-8-11(19(21)22)3-5-14(18)20/h2-6,8H,7,9H2,1H3/p+1. The maximum atomic E-state index is 11.8. The zero-order chi connectivity index (χ0) is 16.3. The molecule has 1 N–H and O–H groups in total. The van der Waals surface area contributed by atoms with E-state index >= 15 is 0 Å². The van der Waals surface area contributed by atoms with Crippen LogP contribution in [0.1, 0.15) is 5.56 Å². The first-order chi connectivity index (χ1) is 10.4. The summed E-state index contributed by atoms with van der Waals surface area (Å²) < 4.78 is 1.32. The average molecular weight is 343 g/mol. The third-order valence-corrected chi connectivity index (χ3v) is 3.85. The molecule has 0 spiro atoms. The van der Waals surface area contributed by atoms with E-state index in [4.69, 9.17) is 23.2 Å². The zero-order valence-electron chi connectivity index (χ0n) is 11.8. The molecule has 0 bridgehead atoms. The number of nitrogens with zero attached hydrogens (tertiary/aromatic N) is 2. The summed E-state index contributed by atoms with van der Waals surface area (Å²) in [4.78, 5) is 23.0. The molecule has 1 atom stereocenters. The highest BCUT2D eigenvalue weighted by molar-refractivity contribution is 6.42. The number of hydrogen-bond acceptors (Lipinski definition) is 3. The molecule has 0 aliphatic heterocycles. The molecule has 2 aromatic rings. The van der Waals surface area contributed by atoms with Crippen molar-refractivity contribution in [3.63, 3.8) is 0 Å². The molecule has 116 valence electrons. The Bertz CT molecular complexity index is 761. The molecule has 22 heavy (non-hydrogen) atoms. The number of halogens is 2. The van der Waals surface area contributed by atoms with Gasteiger partial charge in [-0.05, 0) is 12.1 Å². The molecule has 0 amide bonds. The van der Waals surface area contributed by atoms with Gasteiger partial charge in [0.05, 0.1) is 28.2 Å². The maximum absolute atomic E-state index is 11.8. The molecule has 1 aromatic heterocycles. The summed E-state index contributed by atoms with van der Waals surface area (Å²) >= 11 is 11.8. The van der Waals surface area contributed by atoms with Gasteiger partial charge in [0.15, 0.2) is 6.67 Å². The Labute approximate surface area is 136 Å². The summed E-state index contributed by atoms with van der Waals surface area (Å²) in [5, 5.41) is 11.7. The minimum absolute atomic E-state index is 0.109. The van der Waals surface area contributed by atoms with E-state index < -0.39 is 4.92 Å². The van der Waals surface area contributed by atoms with Crippen LogP contribution in [0.2, 0.25) is 10.0 Å². The number of rotatable bonds is 5. The Hall–Kier alpha value is -1.89. The third-order valence-electron chi connectivity index (χ3n) is 3.11. The van der Waals surface area contributed by atoms with Gasteiger partial charge in [0.1, 0.15) is 6.54 Å². The molecule has 0 saturated carbocycles. The Morgan fingerprint density at radius 1 is 1.23 bits per heavy atom. The predicted octanol–water partition coefficient (Wildman–Crippen LogP) is 1.74. The second-order valence-corrected chi connectivity index (χ2v) is 5.81. The summed E-state index contributed by atoms with van der Waals surface area (Å²) in [6.07, 6.45) is 1.25. The van der Waals surface area contributed by atoms with Gasteiger partial charge in [0.2, 0.25) is 0 Å². The van der Waals surface area contributed by atoms with Crippen molar-refractivity contribution < 1.29 is 9.82 Å². The van der Waals surface area contributed by atoms with E-state index in [-0.39, 0.29) is 11.2 Å². The fourth-order valence-electron chi connectivity index (χ4n) is 2.10. The highest BCUT2D eigenvalue weighted by Gasteiger charge is 2.11. The molecule has 0 radical (unpaired) electrons. The second kappa shape index (κ2) is 6.91. The van der Waals surface area contributed by atoms with Crippen LogP contribution in [-0.2, 0) is 13.2 Å².